The molecule has 1 spiro atoms. The van der Waals surface area contributed by atoms with Crippen LogP contribution in [0.25, 0.3) is 0 Å². The quantitative estimate of drug-likeness (QED) is 0.857. The predicted molar refractivity (Wildman–Crippen MR) is 82.8 cm³/mol. The van der Waals surface area contributed by atoms with Crippen LogP contribution in [0.1, 0.15) is 35.4 Å². The highest BCUT2D eigenvalue weighted by Gasteiger charge is 2.47. The average molecular weight is 304 g/mol. The Balaban J connectivity index is 1.76. The first kappa shape index (κ1) is 15.4. The highest BCUT2D eigenvalue weighted by Crippen LogP contribution is 2.41. The fourth-order valence-corrected chi connectivity index (χ4v) is 3.75. The van der Waals surface area contributed by atoms with E-state index in [1.54, 1.807) is 13.2 Å². The predicted octanol–water partition coefficient (Wildman–Crippen LogP) is 2.05. The summed E-state index contributed by atoms with van der Waals surface area (Å²) in [6, 6.07) is 5.58. The lowest BCUT2D eigenvalue weighted by Gasteiger charge is -2.43. The van der Waals surface area contributed by atoms with Gasteiger partial charge in [0, 0.05) is 25.3 Å². The summed E-state index contributed by atoms with van der Waals surface area (Å²) >= 11 is 0. The molecule has 0 bridgehead atoms. The zero-order chi connectivity index (χ0) is 15.6. The molecule has 1 aromatic heterocycles. The molecular formula is C17H24N2O3. The zero-order valence-electron chi connectivity index (χ0n) is 13.4. The van der Waals surface area contributed by atoms with Gasteiger partial charge in [0.05, 0.1) is 25.4 Å². The number of rotatable bonds is 3. The number of hydrogen-bond donors (Lipinski definition) is 0. The lowest BCUT2D eigenvalue weighted by atomic mass is 9.89. The van der Waals surface area contributed by atoms with E-state index < -0.39 is 0 Å². The van der Waals surface area contributed by atoms with Crippen molar-refractivity contribution in [3.05, 3.63) is 29.6 Å². The Morgan fingerprint density at radius 1 is 1.55 bits per heavy atom. The summed E-state index contributed by atoms with van der Waals surface area (Å²) in [5, 5.41) is 0. The number of carbonyl (C=O) groups excluding carboxylic acids is 1. The number of morpholine rings is 1. The van der Waals surface area contributed by atoms with Crippen LogP contribution in [0.3, 0.4) is 0 Å². The molecule has 0 aromatic carbocycles. The Hall–Kier alpha value is -1.46. The van der Waals surface area contributed by atoms with Crippen LogP contribution >= 0.6 is 0 Å². The number of pyridine rings is 1. The molecule has 3 rings (SSSR count). The van der Waals surface area contributed by atoms with Gasteiger partial charge in [0.15, 0.2) is 0 Å². The normalized spacial score (nSPS) is 28.3. The number of aryl methyl sites for hydroxylation is 1. The first-order valence-corrected chi connectivity index (χ1v) is 8.00. The highest BCUT2D eigenvalue weighted by molar-refractivity contribution is 5.92. The number of carbonyl (C=O) groups is 1. The molecule has 2 fully saturated rings. The van der Waals surface area contributed by atoms with Crippen molar-refractivity contribution >= 4 is 5.91 Å². The Labute approximate surface area is 131 Å². The molecule has 5 heteroatoms. The molecule has 1 amide bonds. The maximum atomic E-state index is 12.7. The van der Waals surface area contributed by atoms with Gasteiger partial charge in [-0.05, 0) is 31.9 Å². The van der Waals surface area contributed by atoms with Crippen LogP contribution in [0.2, 0.25) is 0 Å². The minimum absolute atomic E-state index is 0.00874. The van der Waals surface area contributed by atoms with Crippen LogP contribution in [-0.2, 0) is 9.47 Å². The first-order chi connectivity index (χ1) is 10.6. The first-order valence-electron chi connectivity index (χ1n) is 8.00. The largest absolute Gasteiger partial charge is 0.384 e. The van der Waals surface area contributed by atoms with Gasteiger partial charge in [-0.25, -0.2) is 4.98 Å². The van der Waals surface area contributed by atoms with E-state index in [-0.39, 0.29) is 11.5 Å². The number of amides is 1. The molecule has 0 unspecified atom stereocenters. The van der Waals surface area contributed by atoms with Crippen LogP contribution in [0.5, 0.6) is 0 Å². The van der Waals surface area contributed by atoms with Crippen LogP contribution in [0.15, 0.2) is 18.2 Å². The van der Waals surface area contributed by atoms with E-state index in [2.05, 4.69) is 4.98 Å². The van der Waals surface area contributed by atoms with E-state index in [1.807, 2.05) is 24.0 Å². The van der Waals surface area contributed by atoms with E-state index in [0.717, 1.165) is 25.0 Å². The summed E-state index contributed by atoms with van der Waals surface area (Å²) in [6.45, 7) is 4.48. The van der Waals surface area contributed by atoms with E-state index in [4.69, 9.17) is 9.47 Å². The summed E-state index contributed by atoms with van der Waals surface area (Å²) in [6.07, 6.45) is 3.25. The number of hydrogen-bond acceptors (Lipinski definition) is 4. The third-order valence-corrected chi connectivity index (χ3v) is 4.87. The Bertz CT molecular complexity index is 548. The Morgan fingerprint density at radius 3 is 3.18 bits per heavy atom. The molecule has 1 saturated heterocycles. The molecule has 22 heavy (non-hydrogen) atoms. The second kappa shape index (κ2) is 6.34. The minimum atomic E-state index is -0.228. The Kier molecular flexibility index (Phi) is 4.45. The second-order valence-electron chi connectivity index (χ2n) is 6.35. The van der Waals surface area contributed by atoms with Gasteiger partial charge in [-0.15, -0.1) is 0 Å². The summed E-state index contributed by atoms with van der Waals surface area (Å²) in [5.74, 6) is 0.382. The smallest absolute Gasteiger partial charge is 0.272 e. The zero-order valence-corrected chi connectivity index (χ0v) is 13.4. The van der Waals surface area contributed by atoms with Crippen molar-refractivity contribution in [3.8, 4) is 0 Å². The van der Waals surface area contributed by atoms with Gasteiger partial charge in [-0.2, -0.15) is 0 Å². The summed E-state index contributed by atoms with van der Waals surface area (Å²) in [5.41, 5.74) is 1.17. The topological polar surface area (TPSA) is 51.7 Å². The van der Waals surface area contributed by atoms with E-state index in [1.165, 1.54) is 0 Å². The van der Waals surface area contributed by atoms with Gasteiger partial charge >= 0.3 is 0 Å². The molecule has 0 radical (unpaired) electrons. The van der Waals surface area contributed by atoms with Gasteiger partial charge < -0.3 is 14.4 Å². The molecule has 1 aliphatic heterocycles. The monoisotopic (exact) mass is 304 g/mol. The summed E-state index contributed by atoms with van der Waals surface area (Å²) in [7, 11) is 1.73. The lowest BCUT2D eigenvalue weighted by molar-refractivity contribution is -0.131. The van der Waals surface area contributed by atoms with Crippen molar-refractivity contribution < 1.29 is 14.3 Å². The van der Waals surface area contributed by atoms with Crippen molar-refractivity contribution in [2.45, 2.75) is 31.8 Å². The average Bonchev–Trinajstić information content (AvgIpc) is 2.89. The van der Waals surface area contributed by atoms with Gasteiger partial charge in [-0.1, -0.05) is 12.5 Å². The number of aromatic nitrogens is 1. The summed E-state index contributed by atoms with van der Waals surface area (Å²) < 4.78 is 11.5. The second-order valence-corrected chi connectivity index (χ2v) is 6.35. The molecular weight excluding hydrogens is 280 g/mol. The van der Waals surface area contributed by atoms with Crippen LogP contribution in [-0.4, -0.2) is 54.8 Å². The van der Waals surface area contributed by atoms with Crippen LogP contribution in [0.4, 0.5) is 0 Å². The molecule has 2 atom stereocenters. The fourth-order valence-electron chi connectivity index (χ4n) is 3.75. The molecule has 1 saturated carbocycles. The molecule has 5 nitrogen and oxygen atoms in total. The standard InChI is InChI=1S/C17H24N2O3/c1-13-5-3-7-15(18-13)16(20)19-9-10-22-17(12-19)8-4-6-14(17)11-21-2/h3,5,7,14H,4,6,8-12H2,1-2H3/t14-,17-/m0/s1. The number of ether oxygens (including phenoxy) is 2. The van der Waals surface area contributed by atoms with E-state index in [0.29, 0.717) is 37.9 Å². The lowest BCUT2D eigenvalue weighted by Crippen LogP contribution is -2.56. The van der Waals surface area contributed by atoms with Gasteiger partial charge in [0.2, 0.25) is 0 Å². The van der Waals surface area contributed by atoms with Crippen molar-refractivity contribution in [1.29, 1.82) is 0 Å². The van der Waals surface area contributed by atoms with Gasteiger partial charge in [0.1, 0.15) is 5.69 Å². The molecule has 1 aliphatic carbocycles. The maximum Gasteiger partial charge on any atom is 0.272 e. The number of nitrogens with zero attached hydrogens (tertiary/aromatic N) is 2. The van der Waals surface area contributed by atoms with Crippen molar-refractivity contribution in [3.63, 3.8) is 0 Å². The van der Waals surface area contributed by atoms with E-state index >= 15 is 0 Å². The maximum absolute atomic E-state index is 12.7. The van der Waals surface area contributed by atoms with Crippen molar-refractivity contribution in [1.82, 2.24) is 9.88 Å². The van der Waals surface area contributed by atoms with Crippen molar-refractivity contribution in [2.24, 2.45) is 5.92 Å². The van der Waals surface area contributed by atoms with Crippen molar-refractivity contribution in [2.75, 3.05) is 33.4 Å². The third-order valence-electron chi connectivity index (χ3n) is 4.87. The third kappa shape index (κ3) is 2.88. The highest BCUT2D eigenvalue weighted by atomic mass is 16.5. The number of methoxy groups -OCH3 is 1. The molecule has 120 valence electrons. The van der Waals surface area contributed by atoms with E-state index in [9.17, 15) is 4.79 Å². The molecule has 0 N–H and O–H groups in total. The molecule has 1 aromatic rings. The van der Waals surface area contributed by atoms with Gasteiger partial charge in [-0.3, -0.25) is 4.79 Å². The van der Waals surface area contributed by atoms with Crippen LogP contribution < -0.4 is 0 Å². The van der Waals surface area contributed by atoms with Gasteiger partial charge in [0.25, 0.3) is 5.91 Å². The fraction of sp³-hybridized carbons (Fsp3) is 0.647. The minimum Gasteiger partial charge on any atom is -0.384 e. The molecule has 2 aliphatic rings. The van der Waals surface area contributed by atoms with Crippen LogP contribution in [0, 0.1) is 12.8 Å². The molecule has 2 heterocycles. The summed E-state index contributed by atoms with van der Waals surface area (Å²) in [4.78, 5) is 19.0. The SMILES string of the molecule is COC[C@@H]1CCC[C@]12CN(C(=O)c1cccc(C)n1)CCO2. The Morgan fingerprint density at radius 2 is 2.41 bits per heavy atom.